The molecule has 0 fully saturated rings. The van der Waals surface area contributed by atoms with E-state index in [1.165, 1.54) is 7.05 Å². The monoisotopic (exact) mass is 270 g/mol. The van der Waals surface area contributed by atoms with Gasteiger partial charge in [-0.1, -0.05) is 13.8 Å². The first-order valence-corrected chi connectivity index (χ1v) is 7.67. The fraction of sp³-hybridized carbons (Fsp3) is 0.538. The summed E-state index contributed by atoms with van der Waals surface area (Å²) in [6.07, 6.45) is 2.03. The average Bonchev–Trinajstić information content (AvgIpc) is 2.39. The molecule has 1 aromatic rings. The van der Waals surface area contributed by atoms with Gasteiger partial charge in [-0.05, 0) is 51.1 Å². The molecule has 0 aromatic heterocycles. The quantitative estimate of drug-likeness (QED) is 0.835. The van der Waals surface area contributed by atoms with Gasteiger partial charge in [-0.15, -0.1) is 0 Å². The molecule has 0 saturated heterocycles. The Morgan fingerprint density at radius 3 is 2.00 bits per heavy atom. The van der Waals surface area contributed by atoms with E-state index in [1.54, 1.807) is 24.3 Å². The van der Waals surface area contributed by atoms with E-state index in [9.17, 15) is 8.42 Å². The number of hydrogen-bond acceptors (Lipinski definition) is 3. The molecular weight excluding hydrogens is 248 g/mol. The van der Waals surface area contributed by atoms with E-state index in [4.69, 9.17) is 0 Å². The maximum Gasteiger partial charge on any atom is 0.240 e. The summed E-state index contributed by atoms with van der Waals surface area (Å²) in [5.74, 6) is 0. The Hall–Kier alpha value is -1.07. The van der Waals surface area contributed by atoms with Gasteiger partial charge in [0.25, 0.3) is 0 Å². The molecule has 1 aromatic carbocycles. The van der Waals surface area contributed by atoms with Crippen LogP contribution < -0.4 is 10.0 Å². The third kappa shape index (κ3) is 3.46. The van der Waals surface area contributed by atoms with Gasteiger partial charge in [0.1, 0.15) is 0 Å². The third-order valence-electron chi connectivity index (χ3n) is 3.44. The SMILES string of the molecule is CCC(C)(CC)Nc1ccc(S(=O)(=O)NC)cc1. The van der Waals surface area contributed by atoms with Crippen LogP contribution in [0.4, 0.5) is 5.69 Å². The van der Waals surface area contributed by atoms with Crippen molar-refractivity contribution in [2.45, 2.75) is 44.0 Å². The number of nitrogens with one attached hydrogen (secondary N) is 2. The van der Waals surface area contributed by atoms with Crippen LogP contribution in [0, 0.1) is 0 Å². The van der Waals surface area contributed by atoms with E-state index in [-0.39, 0.29) is 10.4 Å². The molecule has 5 heteroatoms. The highest BCUT2D eigenvalue weighted by atomic mass is 32.2. The van der Waals surface area contributed by atoms with E-state index < -0.39 is 10.0 Å². The van der Waals surface area contributed by atoms with Crippen LogP contribution >= 0.6 is 0 Å². The Labute approximate surface area is 110 Å². The van der Waals surface area contributed by atoms with Crippen LogP contribution in [0.3, 0.4) is 0 Å². The zero-order valence-electron chi connectivity index (χ0n) is 11.4. The van der Waals surface area contributed by atoms with Crippen LogP contribution in [0.1, 0.15) is 33.6 Å². The topological polar surface area (TPSA) is 58.2 Å². The van der Waals surface area contributed by atoms with Gasteiger partial charge in [-0.3, -0.25) is 0 Å². The highest BCUT2D eigenvalue weighted by Gasteiger charge is 2.19. The lowest BCUT2D eigenvalue weighted by Gasteiger charge is -2.29. The van der Waals surface area contributed by atoms with Gasteiger partial charge in [0.2, 0.25) is 10.0 Å². The summed E-state index contributed by atoms with van der Waals surface area (Å²) in [5.41, 5.74) is 0.986. The average molecular weight is 270 g/mol. The zero-order chi connectivity index (χ0) is 13.8. The van der Waals surface area contributed by atoms with Crippen LogP contribution in [0.2, 0.25) is 0 Å². The molecule has 102 valence electrons. The Morgan fingerprint density at radius 1 is 1.11 bits per heavy atom. The molecule has 4 nitrogen and oxygen atoms in total. The van der Waals surface area contributed by atoms with Crippen molar-refractivity contribution < 1.29 is 8.42 Å². The molecule has 2 N–H and O–H groups in total. The lowest BCUT2D eigenvalue weighted by atomic mass is 9.95. The van der Waals surface area contributed by atoms with Gasteiger partial charge in [-0.25, -0.2) is 13.1 Å². The molecule has 0 aliphatic carbocycles. The van der Waals surface area contributed by atoms with Crippen LogP contribution in [0.25, 0.3) is 0 Å². The van der Waals surface area contributed by atoms with Crippen molar-refractivity contribution in [3.8, 4) is 0 Å². The molecule has 0 aliphatic rings. The smallest absolute Gasteiger partial charge is 0.240 e. The summed E-state index contributed by atoms with van der Waals surface area (Å²) < 4.78 is 25.5. The second kappa shape index (κ2) is 5.71. The summed E-state index contributed by atoms with van der Waals surface area (Å²) in [5, 5.41) is 3.44. The standard InChI is InChI=1S/C13H22N2O2S/c1-5-13(3,6-2)15-11-7-9-12(10-8-11)18(16,17)14-4/h7-10,14-15H,5-6H2,1-4H3. The van der Waals surface area contributed by atoms with Crippen LogP contribution in [0.15, 0.2) is 29.2 Å². The first-order chi connectivity index (χ1) is 8.37. The summed E-state index contributed by atoms with van der Waals surface area (Å²) in [4.78, 5) is 0.283. The van der Waals surface area contributed by atoms with E-state index in [0.29, 0.717) is 0 Å². The Balaban J connectivity index is 2.91. The van der Waals surface area contributed by atoms with Gasteiger partial charge in [0.15, 0.2) is 0 Å². The molecule has 1 rings (SSSR count). The highest BCUT2D eigenvalue weighted by Crippen LogP contribution is 2.22. The molecule has 0 bridgehead atoms. The minimum atomic E-state index is -3.35. The molecule has 0 heterocycles. The number of anilines is 1. The van der Waals surface area contributed by atoms with Crippen molar-refractivity contribution in [1.82, 2.24) is 4.72 Å². The van der Waals surface area contributed by atoms with Crippen LogP contribution in [0.5, 0.6) is 0 Å². The molecule has 0 saturated carbocycles. The van der Waals surface area contributed by atoms with Crippen LogP contribution in [-0.4, -0.2) is 21.0 Å². The number of rotatable bonds is 6. The summed E-state index contributed by atoms with van der Waals surface area (Å²) in [7, 11) is -1.94. The van der Waals surface area contributed by atoms with Crippen molar-refractivity contribution in [1.29, 1.82) is 0 Å². The van der Waals surface area contributed by atoms with Crippen molar-refractivity contribution in [2.75, 3.05) is 12.4 Å². The number of hydrogen-bond donors (Lipinski definition) is 2. The fourth-order valence-corrected chi connectivity index (χ4v) is 2.34. The first kappa shape index (κ1) is 15.0. The second-order valence-electron chi connectivity index (χ2n) is 4.62. The Bertz CT molecular complexity index is 476. The number of benzene rings is 1. The minimum absolute atomic E-state index is 0.0450. The van der Waals surface area contributed by atoms with Crippen molar-refractivity contribution in [2.24, 2.45) is 0 Å². The van der Waals surface area contributed by atoms with Gasteiger partial charge in [0.05, 0.1) is 4.90 Å². The largest absolute Gasteiger partial charge is 0.380 e. The van der Waals surface area contributed by atoms with Gasteiger partial charge >= 0.3 is 0 Å². The molecule has 0 unspecified atom stereocenters. The van der Waals surface area contributed by atoms with Gasteiger partial charge in [-0.2, -0.15) is 0 Å². The maximum absolute atomic E-state index is 11.6. The predicted molar refractivity (Wildman–Crippen MR) is 75.3 cm³/mol. The molecule has 0 spiro atoms. The lowest BCUT2D eigenvalue weighted by molar-refractivity contribution is 0.478. The van der Waals surface area contributed by atoms with Gasteiger partial charge in [0, 0.05) is 11.2 Å². The van der Waals surface area contributed by atoms with E-state index in [1.807, 2.05) is 0 Å². The Kier molecular flexibility index (Phi) is 4.76. The summed E-state index contributed by atoms with van der Waals surface area (Å²) in [6, 6.07) is 6.82. The molecule has 0 atom stereocenters. The molecular formula is C13H22N2O2S. The second-order valence-corrected chi connectivity index (χ2v) is 6.51. The third-order valence-corrected chi connectivity index (χ3v) is 4.87. The fourth-order valence-electron chi connectivity index (χ4n) is 1.61. The molecule has 0 radical (unpaired) electrons. The van der Waals surface area contributed by atoms with E-state index in [0.717, 1.165) is 18.5 Å². The predicted octanol–water partition coefficient (Wildman–Crippen LogP) is 2.59. The first-order valence-electron chi connectivity index (χ1n) is 6.18. The molecule has 18 heavy (non-hydrogen) atoms. The van der Waals surface area contributed by atoms with Crippen molar-refractivity contribution in [3.05, 3.63) is 24.3 Å². The van der Waals surface area contributed by atoms with E-state index >= 15 is 0 Å². The maximum atomic E-state index is 11.6. The van der Waals surface area contributed by atoms with Crippen LogP contribution in [-0.2, 0) is 10.0 Å². The summed E-state index contributed by atoms with van der Waals surface area (Å²) >= 11 is 0. The van der Waals surface area contributed by atoms with Gasteiger partial charge < -0.3 is 5.32 Å². The molecule has 0 amide bonds. The Morgan fingerprint density at radius 2 is 1.61 bits per heavy atom. The normalized spacial score (nSPS) is 12.4. The minimum Gasteiger partial charge on any atom is -0.380 e. The van der Waals surface area contributed by atoms with E-state index in [2.05, 4.69) is 30.8 Å². The zero-order valence-corrected chi connectivity index (χ0v) is 12.3. The lowest BCUT2D eigenvalue weighted by Crippen LogP contribution is -2.32. The number of sulfonamides is 1. The van der Waals surface area contributed by atoms with Crippen molar-refractivity contribution in [3.63, 3.8) is 0 Å². The summed E-state index contributed by atoms with van der Waals surface area (Å²) in [6.45, 7) is 6.43. The van der Waals surface area contributed by atoms with Crippen molar-refractivity contribution >= 4 is 15.7 Å². The highest BCUT2D eigenvalue weighted by molar-refractivity contribution is 7.89. The molecule has 0 aliphatic heterocycles.